The Morgan fingerprint density at radius 2 is 1.86 bits per heavy atom. The first kappa shape index (κ1) is 22.2. The number of aryl methyl sites for hydroxylation is 1. The summed E-state index contributed by atoms with van der Waals surface area (Å²) in [6.07, 6.45) is 0.875. The van der Waals surface area contributed by atoms with Crippen LogP contribution in [0, 0.1) is 6.92 Å². The standard InChI is InChI=1S/C29H25NO6/c1-3-11-33-20-6-4-5-19(14-20)26-25-27(31)21-12-17(2)7-9-22(21)36-28(25)29(32)30(26)15-18-8-10-23-24(13-18)35-16-34-23/h4-10,12-14,26H,3,11,15-16H2,1-2H3/t26-/m0/s1. The number of nitrogens with zero attached hydrogens (tertiary/aromatic N) is 1. The second-order valence-corrected chi connectivity index (χ2v) is 9.12. The van der Waals surface area contributed by atoms with Gasteiger partial charge < -0.3 is 23.5 Å². The first-order chi connectivity index (χ1) is 17.5. The van der Waals surface area contributed by atoms with E-state index in [0.717, 1.165) is 23.1 Å². The van der Waals surface area contributed by atoms with Crippen LogP contribution in [0.1, 0.15) is 52.2 Å². The van der Waals surface area contributed by atoms with Gasteiger partial charge in [0, 0.05) is 6.54 Å². The highest BCUT2D eigenvalue weighted by atomic mass is 16.7. The van der Waals surface area contributed by atoms with E-state index in [9.17, 15) is 9.59 Å². The lowest BCUT2D eigenvalue weighted by atomic mass is 9.97. The van der Waals surface area contributed by atoms with Crippen LogP contribution in [0.5, 0.6) is 17.2 Å². The van der Waals surface area contributed by atoms with Crippen molar-refractivity contribution >= 4 is 16.9 Å². The summed E-state index contributed by atoms with van der Waals surface area (Å²) in [6.45, 7) is 4.98. The zero-order valence-corrected chi connectivity index (χ0v) is 20.1. The Morgan fingerprint density at radius 1 is 1.00 bits per heavy atom. The molecule has 0 fully saturated rings. The summed E-state index contributed by atoms with van der Waals surface area (Å²) in [7, 11) is 0. The molecule has 36 heavy (non-hydrogen) atoms. The maximum atomic E-state index is 13.8. The van der Waals surface area contributed by atoms with Gasteiger partial charge in [0.2, 0.25) is 12.6 Å². The molecular formula is C29H25NO6. The number of benzene rings is 3. The van der Waals surface area contributed by atoms with Crippen LogP contribution in [0.3, 0.4) is 0 Å². The van der Waals surface area contributed by atoms with Gasteiger partial charge in [0.25, 0.3) is 5.91 Å². The van der Waals surface area contributed by atoms with E-state index >= 15 is 0 Å². The Bertz CT molecular complexity index is 1560. The summed E-state index contributed by atoms with van der Waals surface area (Å²) in [5, 5.41) is 0.467. The molecule has 0 spiro atoms. The van der Waals surface area contributed by atoms with Crippen molar-refractivity contribution < 1.29 is 23.4 Å². The van der Waals surface area contributed by atoms with Crippen molar-refractivity contribution in [3.05, 3.63) is 98.9 Å². The number of ether oxygens (including phenoxy) is 3. The summed E-state index contributed by atoms with van der Waals surface area (Å²) in [5.74, 6) is 1.76. The van der Waals surface area contributed by atoms with Crippen LogP contribution in [0.2, 0.25) is 0 Å². The molecule has 182 valence electrons. The maximum Gasteiger partial charge on any atom is 0.291 e. The number of carbonyl (C=O) groups excluding carboxylic acids is 1. The zero-order chi connectivity index (χ0) is 24.8. The number of hydrogen-bond donors (Lipinski definition) is 0. The van der Waals surface area contributed by atoms with Gasteiger partial charge in [-0.3, -0.25) is 9.59 Å². The topological polar surface area (TPSA) is 78.2 Å². The Kier molecular flexibility index (Phi) is 5.40. The number of rotatable bonds is 6. The molecule has 2 aliphatic heterocycles. The molecule has 0 saturated heterocycles. The number of fused-ring (bicyclic) bond motifs is 3. The zero-order valence-electron chi connectivity index (χ0n) is 20.1. The van der Waals surface area contributed by atoms with Crippen LogP contribution in [-0.4, -0.2) is 24.2 Å². The fourth-order valence-electron chi connectivity index (χ4n) is 4.87. The summed E-state index contributed by atoms with van der Waals surface area (Å²) in [5.41, 5.74) is 3.16. The summed E-state index contributed by atoms with van der Waals surface area (Å²) >= 11 is 0. The summed E-state index contributed by atoms with van der Waals surface area (Å²) in [6, 6.07) is 18.0. The van der Waals surface area contributed by atoms with E-state index in [1.807, 2.05) is 68.4 Å². The molecule has 0 bridgehead atoms. The molecule has 0 aliphatic carbocycles. The highest BCUT2D eigenvalue weighted by molar-refractivity contribution is 5.99. The lowest BCUT2D eigenvalue weighted by molar-refractivity contribution is 0.0714. The SMILES string of the molecule is CCCOc1cccc([C@H]2c3c(oc4ccc(C)cc4c3=O)C(=O)N2Cc2ccc3c(c2)OCO3)c1. The van der Waals surface area contributed by atoms with Crippen molar-refractivity contribution in [2.45, 2.75) is 32.9 Å². The minimum absolute atomic E-state index is 0.0852. The third-order valence-corrected chi connectivity index (χ3v) is 6.56. The van der Waals surface area contributed by atoms with Crippen molar-refractivity contribution in [2.75, 3.05) is 13.4 Å². The first-order valence-corrected chi connectivity index (χ1v) is 12.0. The predicted molar refractivity (Wildman–Crippen MR) is 134 cm³/mol. The molecule has 0 saturated carbocycles. The molecule has 1 aromatic heterocycles. The maximum absolute atomic E-state index is 13.8. The number of amides is 1. The lowest BCUT2D eigenvalue weighted by Crippen LogP contribution is -2.29. The monoisotopic (exact) mass is 483 g/mol. The smallest absolute Gasteiger partial charge is 0.291 e. The van der Waals surface area contributed by atoms with Crippen LogP contribution in [0.4, 0.5) is 0 Å². The second kappa shape index (κ2) is 8.75. The van der Waals surface area contributed by atoms with Crippen LogP contribution < -0.4 is 19.6 Å². The van der Waals surface area contributed by atoms with Gasteiger partial charge in [0.05, 0.1) is 23.6 Å². The predicted octanol–water partition coefficient (Wildman–Crippen LogP) is 5.36. The molecule has 4 aromatic rings. The van der Waals surface area contributed by atoms with Crippen molar-refractivity contribution in [1.82, 2.24) is 4.90 Å². The normalized spacial score (nSPS) is 16.0. The molecule has 0 radical (unpaired) electrons. The third-order valence-electron chi connectivity index (χ3n) is 6.56. The van der Waals surface area contributed by atoms with E-state index in [-0.39, 0.29) is 30.4 Å². The number of hydrogen-bond acceptors (Lipinski definition) is 6. The Labute approximate surface area is 207 Å². The van der Waals surface area contributed by atoms with E-state index in [1.165, 1.54) is 0 Å². The molecule has 3 heterocycles. The van der Waals surface area contributed by atoms with E-state index in [4.69, 9.17) is 18.6 Å². The minimum atomic E-state index is -0.621. The molecule has 1 atom stereocenters. The number of carbonyl (C=O) groups is 1. The van der Waals surface area contributed by atoms with Crippen molar-refractivity contribution in [1.29, 1.82) is 0 Å². The van der Waals surface area contributed by atoms with E-state index < -0.39 is 6.04 Å². The van der Waals surface area contributed by atoms with Gasteiger partial charge in [0.15, 0.2) is 16.9 Å². The van der Waals surface area contributed by atoms with Crippen LogP contribution >= 0.6 is 0 Å². The largest absolute Gasteiger partial charge is 0.494 e. The molecule has 6 rings (SSSR count). The Hall–Kier alpha value is -4.26. The summed E-state index contributed by atoms with van der Waals surface area (Å²) in [4.78, 5) is 29.2. The Balaban J connectivity index is 1.50. The van der Waals surface area contributed by atoms with Gasteiger partial charge in [-0.2, -0.15) is 0 Å². The minimum Gasteiger partial charge on any atom is -0.494 e. The van der Waals surface area contributed by atoms with Crippen molar-refractivity contribution in [3.63, 3.8) is 0 Å². The molecule has 7 nitrogen and oxygen atoms in total. The summed E-state index contributed by atoms with van der Waals surface area (Å²) < 4.78 is 22.9. The van der Waals surface area contributed by atoms with Crippen LogP contribution in [0.15, 0.2) is 69.9 Å². The van der Waals surface area contributed by atoms with E-state index in [1.54, 1.807) is 11.0 Å². The van der Waals surface area contributed by atoms with Crippen molar-refractivity contribution in [2.24, 2.45) is 0 Å². The lowest BCUT2D eigenvalue weighted by Gasteiger charge is -2.25. The second-order valence-electron chi connectivity index (χ2n) is 9.12. The van der Waals surface area contributed by atoms with Crippen molar-refractivity contribution in [3.8, 4) is 17.2 Å². The van der Waals surface area contributed by atoms with Gasteiger partial charge >= 0.3 is 0 Å². The molecule has 2 aliphatic rings. The van der Waals surface area contributed by atoms with E-state index in [2.05, 4.69) is 0 Å². The van der Waals surface area contributed by atoms with Crippen LogP contribution in [0.25, 0.3) is 11.0 Å². The molecule has 0 unspecified atom stereocenters. The van der Waals surface area contributed by atoms with Gasteiger partial charge in [0.1, 0.15) is 11.3 Å². The van der Waals surface area contributed by atoms with Gasteiger partial charge in [-0.1, -0.05) is 36.8 Å². The quantitative estimate of drug-likeness (QED) is 0.367. The molecular weight excluding hydrogens is 458 g/mol. The van der Waals surface area contributed by atoms with E-state index in [0.29, 0.717) is 40.4 Å². The Morgan fingerprint density at radius 3 is 2.72 bits per heavy atom. The first-order valence-electron chi connectivity index (χ1n) is 12.0. The third kappa shape index (κ3) is 3.68. The highest BCUT2D eigenvalue weighted by Gasteiger charge is 2.43. The average molecular weight is 484 g/mol. The fourth-order valence-corrected chi connectivity index (χ4v) is 4.87. The van der Waals surface area contributed by atoms with Crippen LogP contribution in [-0.2, 0) is 6.54 Å². The molecule has 0 N–H and O–H groups in total. The van der Waals surface area contributed by atoms with Gasteiger partial charge in [-0.05, 0) is 60.9 Å². The fraction of sp³-hybridized carbons (Fsp3) is 0.241. The van der Waals surface area contributed by atoms with Gasteiger partial charge in [-0.25, -0.2) is 0 Å². The molecule has 3 aromatic carbocycles. The van der Waals surface area contributed by atoms with Gasteiger partial charge in [-0.15, -0.1) is 0 Å². The molecule has 1 amide bonds. The molecule has 7 heteroatoms. The highest BCUT2D eigenvalue weighted by Crippen LogP contribution is 2.41. The average Bonchev–Trinajstić information content (AvgIpc) is 3.46.